The summed E-state index contributed by atoms with van der Waals surface area (Å²) in [5.74, 6) is -0.0339. The lowest BCUT2D eigenvalue weighted by molar-refractivity contribution is -0.136. The molecule has 7 nitrogen and oxygen atoms in total. The maximum atomic E-state index is 12.8. The highest BCUT2D eigenvalue weighted by molar-refractivity contribution is 7.98. The van der Waals surface area contributed by atoms with E-state index in [1.807, 2.05) is 18.4 Å². The molecule has 1 atom stereocenters. The smallest absolute Gasteiger partial charge is 0.336 e. The van der Waals surface area contributed by atoms with E-state index >= 15 is 0 Å². The van der Waals surface area contributed by atoms with Crippen molar-refractivity contribution in [3.05, 3.63) is 57.0 Å². The molecular weight excluding hydrogens is 354 g/mol. The van der Waals surface area contributed by atoms with Crippen molar-refractivity contribution in [1.82, 2.24) is 9.97 Å². The second kappa shape index (κ2) is 7.25. The van der Waals surface area contributed by atoms with Crippen LogP contribution in [0.4, 0.5) is 5.82 Å². The molecule has 0 saturated heterocycles. The lowest BCUT2D eigenvalue weighted by Crippen LogP contribution is -2.30. The molecule has 2 heterocycles. The van der Waals surface area contributed by atoms with Gasteiger partial charge in [-0.3, -0.25) is 4.79 Å². The zero-order valence-electron chi connectivity index (χ0n) is 14.9. The molecule has 2 aromatic rings. The number of ether oxygens (including phenoxy) is 2. The molecule has 1 aromatic heterocycles. The van der Waals surface area contributed by atoms with Crippen LogP contribution in [0.15, 0.2) is 45.5 Å². The van der Waals surface area contributed by atoms with Crippen molar-refractivity contribution >= 4 is 23.5 Å². The maximum Gasteiger partial charge on any atom is 0.336 e. The largest absolute Gasteiger partial charge is 0.497 e. The molecule has 3 rings (SSSR count). The number of nitrogens with one attached hydrogen (secondary N) is 2. The first-order chi connectivity index (χ1) is 12.5. The highest BCUT2D eigenvalue weighted by atomic mass is 32.2. The van der Waals surface area contributed by atoms with Crippen LogP contribution in [0.25, 0.3) is 0 Å². The van der Waals surface area contributed by atoms with Crippen LogP contribution in [0.1, 0.15) is 24.0 Å². The highest BCUT2D eigenvalue weighted by Crippen LogP contribution is 2.40. The Morgan fingerprint density at radius 3 is 2.73 bits per heavy atom. The van der Waals surface area contributed by atoms with E-state index in [9.17, 15) is 9.59 Å². The van der Waals surface area contributed by atoms with Crippen molar-refractivity contribution in [2.45, 2.75) is 18.0 Å². The van der Waals surface area contributed by atoms with E-state index in [0.29, 0.717) is 33.6 Å². The molecule has 1 unspecified atom stereocenters. The minimum Gasteiger partial charge on any atom is -0.497 e. The molecule has 0 saturated carbocycles. The number of anilines is 1. The Balaban J connectivity index is 2.29. The van der Waals surface area contributed by atoms with Crippen LogP contribution >= 0.6 is 11.8 Å². The quantitative estimate of drug-likeness (QED) is 0.483. The number of rotatable bonds is 4. The van der Waals surface area contributed by atoms with Gasteiger partial charge in [0.25, 0.3) is 5.56 Å². The molecule has 0 amide bonds. The third kappa shape index (κ3) is 3.08. The summed E-state index contributed by atoms with van der Waals surface area (Å²) in [6.07, 6.45) is 1.83. The number of aromatic amines is 1. The minimum absolute atomic E-state index is 0.298. The molecule has 0 spiro atoms. The number of carbonyl (C=O) groups is 1. The highest BCUT2D eigenvalue weighted by Gasteiger charge is 2.36. The van der Waals surface area contributed by atoms with Gasteiger partial charge in [0, 0.05) is 5.70 Å². The van der Waals surface area contributed by atoms with Crippen LogP contribution in [-0.4, -0.2) is 36.4 Å². The van der Waals surface area contributed by atoms with Gasteiger partial charge >= 0.3 is 5.97 Å². The van der Waals surface area contributed by atoms with E-state index in [2.05, 4.69) is 15.3 Å². The second-order valence-corrected chi connectivity index (χ2v) is 6.50. The number of methoxy groups -OCH3 is 2. The first-order valence-electron chi connectivity index (χ1n) is 7.88. The summed E-state index contributed by atoms with van der Waals surface area (Å²) in [6, 6.07) is 7.27. The Bertz CT molecular complexity index is 952. The van der Waals surface area contributed by atoms with Crippen LogP contribution in [0.5, 0.6) is 5.75 Å². The Morgan fingerprint density at radius 1 is 1.31 bits per heavy atom. The molecule has 0 fully saturated rings. The first kappa shape index (κ1) is 18.1. The Kier molecular flexibility index (Phi) is 5.03. The third-order valence-electron chi connectivity index (χ3n) is 4.25. The maximum absolute atomic E-state index is 12.8. The number of carbonyl (C=O) groups excluding carboxylic acids is 1. The van der Waals surface area contributed by atoms with Crippen molar-refractivity contribution in [1.29, 1.82) is 0 Å². The summed E-state index contributed by atoms with van der Waals surface area (Å²) >= 11 is 1.34. The summed E-state index contributed by atoms with van der Waals surface area (Å²) in [5, 5.41) is 3.57. The first-order valence-corrected chi connectivity index (χ1v) is 9.10. The molecule has 0 aliphatic carbocycles. The zero-order chi connectivity index (χ0) is 18.8. The number of H-pyrrole nitrogens is 1. The van der Waals surface area contributed by atoms with Crippen LogP contribution < -0.4 is 15.6 Å². The Morgan fingerprint density at radius 2 is 2.08 bits per heavy atom. The number of thioether (sulfide) groups is 1. The molecule has 0 radical (unpaired) electrons. The molecule has 1 aliphatic rings. The second-order valence-electron chi connectivity index (χ2n) is 5.70. The van der Waals surface area contributed by atoms with Gasteiger partial charge in [0.1, 0.15) is 11.6 Å². The molecule has 0 bridgehead atoms. The summed E-state index contributed by atoms with van der Waals surface area (Å²) in [4.78, 5) is 32.5. The molecule has 1 aliphatic heterocycles. The standard InChI is InChI=1S/C18H19N3O4S/c1-9-12(17(23)25-3)13(10-6-5-7-11(8-10)24-2)14-15(19-9)20-18(26-4)21-16(14)22/h5-8,13H,1-4H3,(H2,19,20,21,22). The van der Waals surface area contributed by atoms with Gasteiger partial charge in [-0.1, -0.05) is 23.9 Å². The summed E-state index contributed by atoms with van der Waals surface area (Å²) < 4.78 is 10.3. The van der Waals surface area contributed by atoms with E-state index in [0.717, 1.165) is 5.56 Å². The van der Waals surface area contributed by atoms with Crippen molar-refractivity contribution in [2.75, 3.05) is 25.8 Å². The van der Waals surface area contributed by atoms with Gasteiger partial charge in [-0.15, -0.1) is 0 Å². The molecule has 2 N–H and O–H groups in total. The van der Waals surface area contributed by atoms with Crippen LogP contribution in [0.2, 0.25) is 0 Å². The Hall–Kier alpha value is -2.74. The van der Waals surface area contributed by atoms with E-state index in [1.165, 1.54) is 18.9 Å². The normalized spacial score (nSPS) is 15.9. The van der Waals surface area contributed by atoms with Gasteiger partial charge in [0.05, 0.1) is 31.3 Å². The molecule has 26 heavy (non-hydrogen) atoms. The lowest BCUT2D eigenvalue weighted by atomic mass is 9.82. The summed E-state index contributed by atoms with van der Waals surface area (Å²) in [7, 11) is 2.89. The van der Waals surface area contributed by atoms with Gasteiger partial charge in [-0.05, 0) is 30.9 Å². The molecular formula is C18H19N3O4S. The zero-order valence-corrected chi connectivity index (χ0v) is 15.7. The van der Waals surface area contributed by atoms with Crippen LogP contribution in [0, 0.1) is 0 Å². The molecule has 136 valence electrons. The van der Waals surface area contributed by atoms with Crippen molar-refractivity contribution in [2.24, 2.45) is 0 Å². The predicted molar refractivity (Wildman–Crippen MR) is 99.8 cm³/mol. The third-order valence-corrected chi connectivity index (χ3v) is 4.83. The number of allylic oxidation sites excluding steroid dienone is 1. The van der Waals surface area contributed by atoms with Crippen molar-refractivity contribution < 1.29 is 14.3 Å². The number of hydrogen-bond donors (Lipinski definition) is 2. The number of hydrogen-bond acceptors (Lipinski definition) is 7. The minimum atomic E-state index is -0.610. The summed E-state index contributed by atoms with van der Waals surface area (Å²) in [5.41, 5.74) is 1.80. The van der Waals surface area contributed by atoms with Gasteiger partial charge in [0.15, 0.2) is 5.16 Å². The van der Waals surface area contributed by atoms with E-state index in [4.69, 9.17) is 9.47 Å². The molecule has 1 aromatic carbocycles. The number of benzene rings is 1. The van der Waals surface area contributed by atoms with Gasteiger partial charge in [-0.25, -0.2) is 9.78 Å². The van der Waals surface area contributed by atoms with Crippen LogP contribution in [-0.2, 0) is 9.53 Å². The van der Waals surface area contributed by atoms with E-state index < -0.39 is 11.9 Å². The van der Waals surface area contributed by atoms with Gasteiger partial charge < -0.3 is 19.8 Å². The van der Waals surface area contributed by atoms with Crippen LogP contribution in [0.3, 0.4) is 0 Å². The fourth-order valence-electron chi connectivity index (χ4n) is 3.06. The average molecular weight is 373 g/mol. The van der Waals surface area contributed by atoms with Crippen molar-refractivity contribution in [3.8, 4) is 5.75 Å². The van der Waals surface area contributed by atoms with E-state index in [1.54, 1.807) is 26.2 Å². The Labute approximate surface area is 154 Å². The predicted octanol–water partition coefficient (Wildman–Crippen LogP) is 2.50. The monoisotopic (exact) mass is 373 g/mol. The van der Waals surface area contributed by atoms with Gasteiger partial charge in [0.2, 0.25) is 0 Å². The average Bonchev–Trinajstić information content (AvgIpc) is 2.66. The molecule has 8 heteroatoms. The summed E-state index contributed by atoms with van der Waals surface area (Å²) in [6.45, 7) is 1.77. The fraction of sp³-hybridized carbons (Fsp3) is 0.278. The number of nitrogens with zero attached hydrogens (tertiary/aromatic N) is 1. The van der Waals surface area contributed by atoms with E-state index in [-0.39, 0.29) is 5.56 Å². The number of esters is 1. The number of aromatic nitrogens is 2. The number of fused-ring (bicyclic) bond motifs is 1. The fourth-order valence-corrected chi connectivity index (χ4v) is 3.44. The lowest BCUT2D eigenvalue weighted by Gasteiger charge is -2.28. The van der Waals surface area contributed by atoms with Crippen molar-refractivity contribution in [3.63, 3.8) is 0 Å². The van der Waals surface area contributed by atoms with Gasteiger partial charge in [-0.2, -0.15) is 0 Å². The topological polar surface area (TPSA) is 93.3 Å². The SMILES string of the molecule is COC(=O)C1=C(C)Nc2nc(SC)[nH]c(=O)c2C1c1cccc(OC)c1.